The second kappa shape index (κ2) is 17.2. The number of aromatic nitrogens is 7. The quantitative estimate of drug-likeness (QED) is 0.210. The molecule has 0 bridgehead atoms. The number of anilines is 2. The van der Waals surface area contributed by atoms with E-state index in [1.807, 2.05) is 44.2 Å². The number of ether oxygens (including phenoxy) is 2. The van der Waals surface area contributed by atoms with Crippen LogP contribution in [0.25, 0.3) is 33.3 Å². The highest BCUT2D eigenvalue weighted by atomic mass is 16.5. The Morgan fingerprint density at radius 1 is 0.793 bits per heavy atom. The molecule has 58 heavy (non-hydrogen) atoms. The number of likely N-dealkylation sites (N-methyl/N-ethyl adjacent to an activating group) is 1. The van der Waals surface area contributed by atoms with E-state index in [-0.39, 0.29) is 24.1 Å². The van der Waals surface area contributed by atoms with Crippen LogP contribution in [0.5, 0.6) is 5.88 Å². The number of H-pyrrole nitrogens is 1. The summed E-state index contributed by atoms with van der Waals surface area (Å²) in [5.41, 5.74) is 4.83. The van der Waals surface area contributed by atoms with Gasteiger partial charge in [-0.1, -0.05) is 19.3 Å². The number of imide groups is 1. The molecular formula is C42H55N11O5. The lowest BCUT2D eigenvalue weighted by Gasteiger charge is -2.36. The van der Waals surface area contributed by atoms with Crippen molar-refractivity contribution in [3.8, 4) is 17.3 Å². The normalized spacial score (nSPS) is 20.1. The summed E-state index contributed by atoms with van der Waals surface area (Å²) in [7, 11) is 3.88. The number of aromatic amines is 1. The summed E-state index contributed by atoms with van der Waals surface area (Å²) in [6.07, 6.45) is 13.2. The zero-order valence-electron chi connectivity index (χ0n) is 34.0. The summed E-state index contributed by atoms with van der Waals surface area (Å²) in [6, 6.07) is 9.27. The van der Waals surface area contributed by atoms with Gasteiger partial charge in [0.1, 0.15) is 23.9 Å². The first-order valence-electron chi connectivity index (χ1n) is 20.8. The second-order valence-electron chi connectivity index (χ2n) is 16.3. The smallest absolute Gasteiger partial charge is 0.329 e. The maximum Gasteiger partial charge on any atom is 0.329 e. The highest BCUT2D eigenvalue weighted by Gasteiger charge is 2.32. The molecule has 16 heteroatoms. The molecule has 1 unspecified atom stereocenters. The number of pyridine rings is 1. The molecule has 1 atom stereocenters. The van der Waals surface area contributed by atoms with E-state index < -0.39 is 11.9 Å². The first-order valence-corrected chi connectivity index (χ1v) is 20.8. The van der Waals surface area contributed by atoms with Crippen molar-refractivity contribution in [3.05, 3.63) is 53.3 Å². The van der Waals surface area contributed by atoms with Crippen LogP contribution in [0.1, 0.15) is 77.7 Å². The molecule has 2 amide bonds. The largest absolute Gasteiger partial charge is 0.475 e. The van der Waals surface area contributed by atoms with Crippen LogP contribution < -0.4 is 25.5 Å². The van der Waals surface area contributed by atoms with Gasteiger partial charge in [-0.15, -0.1) is 0 Å². The summed E-state index contributed by atoms with van der Waals surface area (Å²) in [5, 5.41) is 10.8. The van der Waals surface area contributed by atoms with Gasteiger partial charge in [-0.2, -0.15) is 5.10 Å². The number of nitrogens with zero attached hydrogens (tertiary/aromatic N) is 9. The average Bonchev–Trinajstić information content (AvgIpc) is 3.76. The highest BCUT2D eigenvalue weighted by Crippen LogP contribution is 2.31. The summed E-state index contributed by atoms with van der Waals surface area (Å²) < 4.78 is 15.2. The molecule has 9 rings (SSSR count). The van der Waals surface area contributed by atoms with E-state index in [0.717, 1.165) is 96.9 Å². The van der Waals surface area contributed by atoms with Crippen LogP contribution in [-0.2, 0) is 21.4 Å². The Balaban J connectivity index is 0.000000165. The van der Waals surface area contributed by atoms with E-state index in [1.165, 1.54) is 36.7 Å². The molecule has 308 valence electrons. The predicted molar refractivity (Wildman–Crippen MR) is 222 cm³/mol. The minimum Gasteiger partial charge on any atom is -0.475 e. The molecule has 3 aliphatic heterocycles. The topological polar surface area (TPSA) is 169 Å². The minimum absolute atomic E-state index is 0.0678. The van der Waals surface area contributed by atoms with Gasteiger partial charge in [-0.25, -0.2) is 19.7 Å². The highest BCUT2D eigenvalue weighted by molar-refractivity contribution is 6.00. The van der Waals surface area contributed by atoms with Gasteiger partial charge in [-0.05, 0) is 71.2 Å². The van der Waals surface area contributed by atoms with Crippen LogP contribution in [-0.4, -0.2) is 116 Å². The number of amides is 2. The average molecular weight is 794 g/mol. The third-order valence-electron chi connectivity index (χ3n) is 11.8. The zero-order valence-corrected chi connectivity index (χ0v) is 34.0. The Hall–Kier alpha value is -5.35. The maximum atomic E-state index is 13.0. The van der Waals surface area contributed by atoms with Crippen molar-refractivity contribution >= 4 is 45.3 Å². The molecular weight excluding hydrogens is 739 g/mol. The van der Waals surface area contributed by atoms with Gasteiger partial charge in [0, 0.05) is 75.9 Å². The van der Waals surface area contributed by atoms with E-state index in [0.29, 0.717) is 24.5 Å². The van der Waals surface area contributed by atoms with E-state index in [2.05, 4.69) is 52.2 Å². The number of fused-ring (bicyclic) bond motifs is 2. The van der Waals surface area contributed by atoms with Crippen molar-refractivity contribution in [1.82, 2.24) is 44.5 Å². The Morgan fingerprint density at radius 3 is 2.29 bits per heavy atom. The standard InChI is InChI=1S/C24H32N4O4.C18H23N7O/c1-26-21-15-16(27-13-11-18(12-14-27)32-17-5-3-2-4-6-17)7-8-19(21)28(24(26)31)20-9-10-22(29)25-23(20)30;1-12(2)26-17-8-13-15(10-19-17)22-23-18(13)14-9-16(21-11-20-14)25-6-4-24(3)5-7-25/h7-8,15,17-18,20H,2-6,9-14H2,1H3,(H,25,29,30);8-12H,4-7H2,1-3H3,(H,22,23). The summed E-state index contributed by atoms with van der Waals surface area (Å²) in [6.45, 7) is 9.83. The van der Waals surface area contributed by atoms with Crippen molar-refractivity contribution in [2.75, 3.05) is 56.1 Å². The van der Waals surface area contributed by atoms with Crippen molar-refractivity contribution in [2.45, 2.75) is 96.0 Å². The maximum absolute atomic E-state index is 13.0. The third-order valence-corrected chi connectivity index (χ3v) is 11.8. The molecule has 7 heterocycles. The molecule has 1 aromatic carbocycles. The molecule has 4 aromatic heterocycles. The van der Waals surface area contributed by atoms with Gasteiger partial charge in [0.05, 0.1) is 46.8 Å². The van der Waals surface area contributed by atoms with Gasteiger partial charge in [-0.3, -0.25) is 29.1 Å². The Labute approximate surface area is 337 Å². The summed E-state index contributed by atoms with van der Waals surface area (Å²) in [4.78, 5) is 57.0. The van der Waals surface area contributed by atoms with Crippen molar-refractivity contribution in [3.63, 3.8) is 0 Å². The van der Waals surface area contributed by atoms with Crippen LogP contribution in [0.2, 0.25) is 0 Å². The molecule has 2 N–H and O–H groups in total. The number of piperazine rings is 1. The SMILES string of the molecule is CC(C)Oc1cc2c(-c3cc(N4CCN(C)CC4)ncn3)n[nH]c2cn1.Cn1c(=O)n(C2CCC(=O)NC2=O)c2ccc(N3CCC(OC4CCCCC4)CC3)cc21. The molecule has 0 spiro atoms. The lowest BCUT2D eigenvalue weighted by Crippen LogP contribution is -2.44. The molecule has 4 aliphatic rings. The Morgan fingerprint density at radius 2 is 1.55 bits per heavy atom. The number of carbonyl (C=O) groups is 2. The first-order chi connectivity index (χ1) is 28.1. The first kappa shape index (κ1) is 39.5. The predicted octanol–water partition coefficient (Wildman–Crippen LogP) is 4.59. The number of hydrogen-bond donors (Lipinski definition) is 2. The fourth-order valence-corrected chi connectivity index (χ4v) is 8.59. The Bertz CT molecular complexity index is 2300. The van der Waals surface area contributed by atoms with Crippen molar-refractivity contribution in [2.24, 2.45) is 7.05 Å². The van der Waals surface area contributed by atoms with Crippen molar-refractivity contribution in [1.29, 1.82) is 0 Å². The summed E-state index contributed by atoms with van der Waals surface area (Å²) in [5.74, 6) is 0.841. The second-order valence-corrected chi connectivity index (χ2v) is 16.3. The van der Waals surface area contributed by atoms with Gasteiger partial charge in [0.25, 0.3) is 0 Å². The fraction of sp³-hybridized carbons (Fsp3) is 0.548. The number of benzene rings is 1. The number of imidazole rings is 1. The number of rotatable bonds is 8. The molecule has 16 nitrogen and oxygen atoms in total. The number of piperidine rings is 2. The van der Waals surface area contributed by atoms with E-state index in [9.17, 15) is 14.4 Å². The van der Waals surface area contributed by atoms with Crippen LogP contribution >= 0.6 is 0 Å². The molecule has 1 saturated carbocycles. The molecule has 5 aromatic rings. The van der Waals surface area contributed by atoms with Crippen LogP contribution in [0, 0.1) is 0 Å². The fourth-order valence-electron chi connectivity index (χ4n) is 8.59. The number of carbonyl (C=O) groups excluding carboxylic acids is 2. The lowest BCUT2D eigenvalue weighted by molar-refractivity contribution is -0.135. The number of aryl methyl sites for hydroxylation is 1. The van der Waals surface area contributed by atoms with Gasteiger partial charge < -0.3 is 24.2 Å². The lowest BCUT2D eigenvalue weighted by atomic mass is 9.97. The zero-order chi connectivity index (χ0) is 40.3. The monoisotopic (exact) mass is 793 g/mol. The van der Waals surface area contributed by atoms with E-state index in [1.54, 1.807) is 24.1 Å². The van der Waals surface area contributed by atoms with Crippen LogP contribution in [0.15, 0.2) is 47.7 Å². The molecule has 3 saturated heterocycles. The molecule has 4 fully saturated rings. The van der Waals surface area contributed by atoms with Gasteiger partial charge in [0.15, 0.2) is 0 Å². The van der Waals surface area contributed by atoms with Crippen molar-refractivity contribution < 1.29 is 19.1 Å². The van der Waals surface area contributed by atoms with Gasteiger partial charge in [0.2, 0.25) is 17.7 Å². The van der Waals surface area contributed by atoms with Crippen LogP contribution in [0.4, 0.5) is 11.5 Å². The number of hydrogen-bond acceptors (Lipinski definition) is 12. The molecule has 1 aliphatic carbocycles. The van der Waals surface area contributed by atoms with Gasteiger partial charge >= 0.3 is 5.69 Å². The van der Waals surface area contributed by atoms with E-state index in [4.69, 9.17) is 9.47 Å². The minimum atomic E-state index is -0.651. The van der Waals surface area contributed by atoms with E-state index >= 15 is 0 Å². The summed E-state index contributed by atoms with van der Waals surface area (Å²) >= 11 is 0. The van der Waals surface area contributed by atoms with Crippen LogP contribution in [0.3, 0.4) is 0 Å². The third kappa shape index (κ3) is 8.58. The Kier molecular flexibility index (Phi) is 11.7. The number of nitrogens with one attached hydrogen (secondary N) is 2. The molecule has 0 radical (unpaired) electrons.